The van der Waals surface area contributed by atoms with Gasteiger partial charge in [-0.05, 0) is 19.9 Å². The molecule has 0 aliphatic heterocycles. The van der Waals surface area contributed by atoms with Crippen molar-refractivity contribution >= 4 is 22.6 Å². The topological polar surface area (TPSA) is 25.8 Å². The highest BCUT2D eigenvalue weighted by molar-refractivity contribution is 14.1. The number of aryl methyl sites for hydroxylation is 1. The normalized spacial score (nSPS) is 13.1. The second-order valence-electron chi connectivity index (χ2n) is 2.14. The molecule has 0 saturated carbocycles. The van der Waals surface area contributed by atoms with Crippen molar-refractivity contribution in [1.82, 2.24) is 9.97 Å². The predicted molar refractivity (Wildman–Crippen MR) is 49.2 cm³/mol. The molecular formula is C7H9IN2. The van der Waals surface area contributed by atoms with Crippen LogP contribution in [-0.4, -0.2) is 9.97 Å². The molecule has 0 saturated heterocycles. The van der Waals surface area contributed by atoms with Crippen molar-refractivity contribution in [3.05, 3.63) is 23.8 Å². The zero-order valence-corrected chi connectivity index (χ0v) is 8.16. The van der Waals surface area contributed by atoms with Gasteiger partial charge in [-0.2, -0.15) is 0 Å². The molecule has 3 heteroatoms. The van der Waals surface area contributed by atoms with Crippen LogP contribution in [0.15, 0.2) is 12.3 Å². The highest BCUT2D eigenvalue weighted by Crippen LogP contribution is 2.18. The molecule has 2 nitrogen and oxygen atoms in total. The van der Waals surface area contributed by atoms with Gasteiger partial charge >= 0.3 is 0 Å². The molecule has 0 spiro atoms. The van der Waals surface area contributed by atoms with Crippen LogP contribution in [0.3, 0.4) is 0 Å². The Morgan fingerprint density at radius 1 is 1.60 bits per heavy atom. The maximum atomic E-state index is 4.25. The van der Waals surface area contributed by atoms with E-state index < -0.39 is 0 Å². The predicted octanol–water partition coefficient (Wildman–Crippen LogP) is 2.28. The number of rotatable bonds is 1. The van der Waals surface area contributed by atoms with Gasteiger partial charge in [-0.15, -0.1) is 0 Å². The molecule has 1 unspecified atom stereocenters. The SMILES string of the molecule is Cc1nccc(C(C)I)n1. The summed E-state index contributed by atoms with van der Waals surface area (Å²) in [6.07, 6.45) is 1.80. The van der Waals surface area contributed by atoms with E-state index in [1.165, 1.54) is 0 Å². The lowest BCUT2D eigenvalue weighted by atomic mass is 10.3. The van der Waals surface area contributed by atoms with E-state index in [2.05, 4.69) is 39.5 Å². The highest BCUT2D eigenvalue weighted by atomic mass is 127. The van der Waals surface area contributed by atoms with Gasteiger partial charge in [0.2, 0.25) is 0 Å². The molecule has 54 valence electrons. The first-order valence-electron chi connectivity index (χ1n) is 3.14. The summed E-state index contributed by atoms with van der Waals surface area (Å²) in [5.74, 6) is 0.848. The molecular weight excluding hydrogens is 239 g/mol. The first-order chi connectivity index (χ1) is 4.70. The molecule has 0 N–H and O–H groups in total. The Balaban J connectivity index is 2.96. The Bertz CT molecular complexity index is 223. The van der Waals surface area contributed by atoms with Gasteiger partial charge in [0.1, 0.15) is 5.82 Å². The maximum Gasteiger partial charge on any atom is 0.125 e. The van der Waals surface area contributed by atoms with E-state index >= 15 is 0 Å². The van der Waals surface area contributed by atoms with Gasteiger partial charge in [0.05, 0.1) is 9.62 Å². The quantitative estimate of drug-likeness (QED) is 0.562. The minimum atomic E-state index is 0.472. The van der Waals surface area contributed by atoms with Crippen molar-refractivity contribution in [3.8, 4) is 0 Å². The molecule has 0 radical (unpaired) electrons. The highest BCUT2D eigenvalue weighted by Gasteiger charge is 2.00. The summed E-state index contributed by atoms with van der Waals surface area (Å²) in [5.41, 5.74) is 1.10. The molecule has 1 aromatic rings. The summed E-state index contributed by atoms with van der Waals surface area (Å²) in [4.78, 5) is 8.26. The van der Waals surface area contributed by atoms with Crippen molar-refractivity contribution < 1.29 is 0 Å². The van der Waals surface area contributed by atoms with Crippen LogP contribution in [0.4, 0.5) is 0 Å². The van der Waals surface area contributed by atoms with Crippen molar-refractivity contribution in [2.45, 2.75) is 17.8 Å². The third kappa shape index (κ3) is 1.90. The number of hydrogen-bond acceptors (Lipinski definition) is 2. The second kappa shape index (κ2) is 3.27. The Morgan fingerprint density at radius 2 is 2.30 bits per heavy atom. The molecule has 0 amide bonds. The Kier molecular flexibility index (Phi) is 2.59. The van der Waals surface area contributed by atoms with Gasteiger partial charge in [-0.1, -0.05) is 22.6 Å². The molecule has 0 aromatic carbocycles. The number of halogens is 1. The van der Waals surface area contributed by atoms with Crippen LogP contribution in [0, 0.1) is 6.92 Å². The minimum Gasteiger partial charge on any atom is -0.242 e. The minimum absolute atomic E-state index is 0.472. The van der Waals surface area contributed by atoms with Crippen LogP contribution in [0.5, 0.6) is 0 Å². The average molecular weight is 248 g/mol. The van der Waals surface area contributed by atoms with Crippen LogP contribution < -0.4 is 0 Å². The summed E-state index contributed by atoms with van der Waals surface area (Å²) in [6.45, 7) is 4.02. The van der Waals surface area contributed by atoms with E-state index in [0.717, 1.165) is 11.5 Å². The van der Waals surface area contributed by atoms with Crippen LogP contribution in [0.25, 0.3) is 0 Å². The lowest BCUT2D eigenvalue weighted by Crippen LogP contribution is -1.93. The summed E-state index contributed by atoms with van der Waals surface area (Å²) in [7, 11) is 0. The van der Waals surface area contributed by atoms with Gasteiger partial charge < -0.3 is 0 Å². The van der Waals surface area contributed by atoms with E-state index in [4.69, 9.17) is 0 Å². The van der Waals surface area contributed by atoms with Crippen molar-refractivity contribution in [3.63, 3.8) is 0 Å². The van der Waals surface area contributed by atoms with Gasteiger partial charge in [-0.25, -0.2) is 9.97 Å². The summed E-state index contributed by atoms with van der Waals surface area (Å²) < 4.78 is 0.472. The molecule has 0 fully saturated rings. The molecule has 10 heavy (non-hydrogen) atoms. The molecule has 1 aromatic heterocycles. The van der Waals surface area contributed by atoms with Crippen molar-refractivity contribution in [2.24, 2.45) is 0 Å². The Labute approximate surface area is 74.2 Å². The molecule has 1 heterocycles. The van der Waals surface area contributed by atoms with Gasteiger partial charge in [0.25, 0.3) is 0 Å². The number of alkyl halides is 1. The zero-order valence-electron chi connectivity index (χ0n) is 6.00. The largest absolute Gasteiger partial charge is 0.242 e. The summed E-state index contributed by atoms with van der Waals surface area (Å²) in [5, 5.41) is 0. The van der Waals surface area contributed by atoms with Crippen LogP contribution in [0.2, 0.25) is 0 Å². The smallest absolute Gasteiger partial charge is 0.125 e. The number of hydrogen-bond donors (Lipinski definition) is 0. The third-order valence-corrected chi connectivity index (χ3v) is 1.84. The van der Waals surface area contributed by atoms with E-state index in [1.807, 2.05) is 13.0 Å². The van der Waals surface area contributed by atoms with Gasteiger partial charge in [0, 0.05) is 6.20 Å². The molecule has 1 rings (SSSR count). The average Bonchev–Trinajstić information content (AvgIpc) is 1.88. The fourth-order valence-corrected chi connectivity index (χ4v) is 1.04. The zero-order chi connectivity index (χ0) is 7.56. The molecule has 1 atom stereocenters. The van der Waals surface area contributed by atoms with E-state index in [0.29, 0.717) is 3.92 Å². The summed E-state index contributed by atoms with van der Waals surface area (Å²) in [6, 6.07) is 1.95. The lowest BCUT2D eigenvalue weighted by Gasteiger charge is -2.00. The van der Waals surface area contributed by atoms with Gasteiger partial charge in [-0.3, -0.25) is 0 Å². The van der Waals surface area contributed by atoms with Crippen molar-refractivity contribution in [2.75, 3.05) is 0 Å². The van der Waals surface area contributed by atoms with E-state index in [9.17, 15) is 0 Å². The molecule has 0 bridgehead atoms. The molecule has 0 aliphatic carbocycles. The Hall–Kier alpha value is -0.190. The fourth-order valence-electron chi connectivity index (χ4n) is 0.696. The van der Waals surface area contributed by atoms with Gasteiger partial charge in [0.15, 0.2) is 0 Å². The molecule has 0 aliphatic rings. The number of aromatic nitrogens is 2. The van der Waals surface area contributed by atoms with E-state index in [-0.39, 0.29) is 0 Å². The summed E-state index contributed by atoms with van der Waals surface area (Å²) >= 11 is 2.33. The fraction of sp³-hybridized carbons (Fsp3) is 0.429. The Morgan fingerprint density at radius 3 is 2.70 bits per heavy atom. The lowest BCUT2D eigenvalue weighted by molar-refractivity contribution is 0.952. The van der Waals surface area contributed by atoms with Crippen molar-refractivity contribution in [1.29, 1.82) is 0 Å². The standard InChI is InChI=1S/C7H9IN2/c1-5(8)7-3-4-9-6(2)10-7/h3-5H,1-2H3. The van der Waals surface area contributed by atoms with Crippen LogP contribution in [0.1, 0.15) is 22.4 Å². The number of nitrogens with zero attached hydrogens (tertiary/aromatic N) is 2. The van der Waals surface area contributed by atoms with Crippen LogP contribution in [-0.2, 0) is 0 Å². The third-order valence-electron chi connectivity index (χ3n) is 1.21. The maximum absolute atomic E-state index is 4.25. The first-order valence-corrected chi connectivity index (χ1v) is 4.38. The first kappa shape index (κ1) is 7.91. The van der Waals surface area contributed by atoms with Crippen LogP contribution >= 0.6 is 22.6 Å². The second-order valence-corrected chi connectivity index (χ2v) is 4.01. The van der Waals surface area contributed by atoms with E-state index in [1.54, 1.807) is 6.20 Å². The monoisotopic (exact) mass is 248 g/mol.